The Bertz CT molecular complexity index is 937. The number of nitrogens with one attached hydrogen (secondary N) is 1. The smallest absolute Gasteiger partial charge is 0.332 e. The number of benzene rings is 1. The number of H-pyrrole nitrogens is 1. The molecular weight excluding hydrogens is 294 g/mol. The number of nitrogens with zero attached hydrogens (tertiary/aromatic N) is 3. The Hall–Kier alpha value is -2.67. The highest BCUT2D eigenvalue weighted by Crippen LogP contribution is 2.03. The van der Waals surface area contributed by atoms with Crippen LogP contribution in [0.25, 0.3) is 11.2 Å². The first-order chi connectivity index (χ1) is 11.1. The molecule has 2 aromatic heterocycles. The zero-order valence-corrected chi connectivity index (χ0v) is 13.2. The van der Waals surface area contributed by atoms with Crippen molar-refractivity contribution in [3.8, 4) is 0 Å². The molecule has 3 rings (SSSR count). The number of aromatic amines is 1. The first-order valence-electron chi connectivity index (χ1n) is 7.58. The van der Waals surface area contributed by atoms with Crippen LogP contribution < -0.4 is 16.6 Å². The number of nitrogens with two attached hydrogens (primary N) is 1. The molecule has 2 heterocycles. The Labute approximate surface area is 132 Å². The fourth-order valence-corrected chi connectivity index (χ4v) is 2.62. The van der Waals surface area contributed by atoms with E-state index in [1.165, 1.54) is 17.2 Å². The molecule has 0 saturated heterocycles. The third-order valence-electron chi connectivity index (χ3n) is 3.96. The lowest BCUT2D eigenvalue weighted by atomic mass is 10.1. The first-order valence-corrected chi connectivity index (χ1v) is 7.58. The molecule has 7 nitrogen and oxygen atoms in total. The summed E-state index contributed by atoms with van der Waals surface area (Å²) in [6, 6.07) is 10.3. The van der Waals surface area contributed by atoms with Gasteiger partial charge in [0, 0.05) is 20.5 Å². The third kappa shape index (κ3) is 2.95. The van der Waals surface area contributed by atoms with Gasteiger partial charge in [0.15, 0.2) is 11.5 Å². The lowest BCUT2D eigenvalue weighted by molar-refractivity contribution is -0.671. The van der Waals surface area contributed by atoms with Gasteiger partial charge in [-0.2, -0.15) is 0 Å². The average Bonchev–Trinajstić information content (AvgIpc) is 3.00. The predicted octanol–water partition coefficient (Wildman–Crippen LogP) is -0.734. The summed E-state index contributed by atoms with van der Waals surface area (Å²) in [5.74, 6) is 0.700. The maximum atomic E-state index is 12.1. The van der Waals surface area contributed by atoms with E-state index >= 15 is 0 Å². The molecule has 0 aliphatic carbocycles. The normalized spacial score (nSPS) is 11.2. The molecule has 0 unspecified atom stereocenters. The van der Waals surface area contributed by atoms with E-state index in [4.69, 9.17) is 0 Å². The fourth-order valence-electron chi connectivity index (χ4n) is 2.62. The summed E-state index contributed by atoms with van der Waals surface area (Å²) in [5.41, 5.74) is 1.37. The molecule has 0 aliphatic heterocycles. The topological polar surface area (TPSA) is 89.3 Å². The molecule has 0 aliphatic rings. The van der Waals surface area contributed by atoms with Crippen molar-refractivity contribution in [1.29, 1.82) is 0 Å². The first kappa shape index (κ1) is 15.2. The molecule has 1 aromatic carbocycles. The number of fused-ring (bicyclic) bond motifs is 1. The summed E-state index contributed by atoms with van der Waals surface area (Å²) >= 11 is 0. The minimum absolute atomic E-state index is 0.342. The van der Waals surface area contributed by atoms with Crippen LogP contribution in [-0.2, 0) is 27.1 Å². The van der Waals surface area contributed by atoms with E-state index < -0.39 is 0 Å². The summed E-state index contributed by atoms with van der Waals surface area (Å²) in [6.45, 7) is 1.57. The molecule has 0 fully saturated rings. The van der Waals surface area contributed by atoms with Gasteiger partial charge in [-0.1, -0.05) is 30.3 Å². The van der Waals surface area contributed by atoms with Crippen LogP contribution in [0.4, 0.5) is 0 Å². The van der Waals surface area contributed by atoms with Gasteiger partial charge < -0.3 is 10.3 Å². The number of imidazole rings is 1. The molecule has 0 radical (unpaired) electrons. The van der Waals surface area contributed by atoms with Gasteiger partial charge >= 0.3 is 5.69 Å². The van der Waals surface area contributed by atoms with Crippen LogP contribution in [0.2, 0.25) is 0 Å². The molecule has 0 amide bonds. The summed E-state index contributed by atoms with van der Waals surface area (Å²) in [5, 5.41) is 2.13. The highest BCUT2D eigenvalue weighted by atomic mass is 16.2. The van der Waals surface area contributed by atoms with Crippen molar-refractivity contribution in [2.24, 2.45) is 14.1 Å². The Morgan fingerprint density at radius 1 is 1.13 bits per heavy atom. The maximum absolute atomic E-state index is 12.1. The van der Waals surface area contributed by atoms with Crippen molar-refractivity contribution >= 4 is 11.2 Å². The van der Waals surface area contributed by atoms with Gasteiger partial charge in [0.1, 0.15) is 12.1 Å². The summed E-state index contributed by atoms with van der Waals surface area (Å²) in [4.78, 5) is 31.4. The van der Waals surface area contributed by atoms with Crippen molar-refractivity contribution < 1.29 is 5.32 Å². The Morgan fingerprint density at radius 3 is 2.61 bits per heavy atom. The quantitative estimate of drug-likeness (QED) is 0.608. The number of aryl methyl sites for hydroxylation is 1. The van der Waals surface area contributed by atoms with E-state index in [0.717, 1.165) is 17.5 Å². The monoisotopic (exact) mass is 314 g/mol. The van der Waals surface area contributed by atoms with E-state index in [1.807, 2.05) is 18.2 Å². The molecule has 7 heteroatoms. The van der Waals surface area contributed by atoms with Gasteiger partial charge in [-0.25, -0.2) is 9.78 Å². The summed E-state index contributed by atoms with van der Waals surface area (Å²) in [6.07, 6.45) is 0.974. The SMILES string of the molecule is Cn1c(=O)c2[nH]c(C[NH2+]CCc3ccccc3)nc2n(C)c1=O. The van der Waals surface area contributed by atoms with Crippen molar-refractivity contribution in [3.63, 3.8) is 0 Å². The summed E-state index contributed by atoms with van der Waals surface area (Å²) in [7, 11) is 3.09. The van der Waals surface area contributed by atoms with E-state index in [2.05, 4.69) is 27.4 Å². The van der Waals surface area contributed by atoms with Crippen LogP contribution in [0, 0.1) is 0 Å². The highest BCUT2D eigenvalue weighted by molar-refractivity contribution is 5.69. The second kappa shape index (κ2) is 6.21. The molecule has 23 heavy (non-hydrogen) atoms. The highest BCUT2D eigenvalue weighted by Gasteiger charge is 2.13. The molecule has 0 bridgehead atoms. The standard InChI is InChI=1S/C16H19N5O2/c1-20-14-13(15(22)21(2)16(20)23)18-12(19-14)10-17-9-8-11-6-4-3-5-7-11/h3-7,17H,8-10H2,1-2H3,(H,18,19)/p+1. The second-order valence-electron chi connectivity index (χ2n) is 5.60. The van der Waals surface area contributed by atoms with E-state index in [9.17, 15) is 9.59 Å². The van der Waals surface area contributed by atoms with Crippen LogP contribution >= 0.6 is 0 Å². The number of aromatic nitrogens is 4. The van der Waals surface area contributed by atoms with Gasteiger partial charge in [-0.05, 0) is 5.56 Å². The minimum atomic E-state index is -0.367. The largest absolute Gasteiger partial charge is 0.340 e. The van der Waals surface area contributed by atoms with Crippen LogP contribution in [0.15, 0.2) is 39.9 Å². The lowest BCUT2D eigenvalue weighted by Crippen LogP contribution is -2.83. The fraction of sp³-hybridized carbons (Fsp3) is 0.312. The third-order valence-corrected chi connectivity index (χ3v) is 3.96. The van der Waals surface area contributed by atoms with E-state index in [1.54, 1.807) is 7.05 Å². The van der Waals surface area contributed by atoms with Crippen molar-refractivity contribution in [2.45, 2.75) is 13.0 Å². The Kier molecular flexibility index (Phi) is 4.12. The van der Waals surface area contributed by atoms with Gasteiger partial charge in [-0.15, -0.1) is 0 Å². The van der Waals surface area contributed by atoms with Crippen LogP contribution in [-0.4, -0.2) is 25.6 Å². The molecule has 0 atom stereocenters. The van der Waals surface area contributed by atoms with Crippen molar-refractivity contribution in [1.82, 2.24) is 19.1 Å². The number of rotatable bonds is 5. The number of hydrogen-bond donors (Lipinski definition) is 2. The van der Waals surface area contributed by atoms with E-state index in [-0.39, 0.29) is 11.2 Å². The number of hydrogen-bond acceptors (Lipinski definition) is 3. The Balaban J connectivity index is 1.72. The molecule has 3 aromatic rings. The predicted molar refractivity (Wildman–Crippen MR) is 87.2 cm³/mol. The minimum Gasteiger partial charge on any atom is -0.340 e. The molecule has 3 N–H and O–H groups in total. The van der Waals surface area contributed by atoms with Gasteiger partial charge in [0.05, 0.1) is 6.54 Å². The second-order valence-corrected chi connectivity index (χ2v) is 5.60. The van der Waals surface area contributed by atoms with Gasteiger partial charge in [-0.3, -0.25) is 13.9 Å². The van der Waals surface area contributed by atoms with Crippen molar-refractivity contribution in [3.05, 3.63) is 62.6 Å². The lowest BCUT2D eigenvalue weighted by Gasteiger charge is -2.00. The maximum Gasteiger partial charge on any atom is 0.332 e. The molecule has 0 spiro atoms. The Morgan fingerprint density at radius 2 is 1.87 bits per heavy atom. The van der Waals surface area contributed by atoms with Gasteiger partial charge in [0.25, 0.3) is 5.56 Å². The molecule has 0 saturated carbocycles. The molecule has 120 valence electrons. The van der Waals surface area contributed by atoms with Crippen molar-refractivity contribution in [2.75, 3.05) is 6.54 Å². The van der Waals surface area contributed by atoms with Crippen LogP contribution in [0.1, 0.15) is 11.4 Å². The summed E-state index contributed by atoms with van der Waals surface area (Å²) < 4.78 is 2.48. The zero-order valence-electron chi connectivity index (χ0n) is 13.2. The van der Waals surface area contributed by atoms with E-state index in [0.29, 0.717) is 23.5 Å². The van der Waals surface area contributed by atoms with Crippen LogP contribution in [0.3, 0.4) is 0 Å². The average molecular weight is 314 g/mol. The van der Waals surface area contributed by atoms with Gasteiger partial charge in [0.2, 0.25) is 0 Å². The molecular formula is C16H20N5O2+. The number of quaternary nitrogens is 1. The van der Waals surface area contributed by atoms with Crippen LogP contribution in [0.5, 0.6) is 0 Å². The zero-order chi connectivity index (χ0) is 16.4.